The molecule has 1 aromatic carbocycles. The van der Waals surface area contributed by atoms with Gasteiger partial charge >= 0.3 is 0 Å². The minimum Gasteiger partial charge on any atom is -0.309 e. The third kappa shape index (κ3) is 2.94. The van der Waals surface area contributed by atoms with Gasteiger partial charge in [0.05, 0.1) is 0 Å². The Morgan fingerprint density at radius 3 is 2.40 bits per heavy atom. The van der Waals surface area contributed by atoms with E-state index in [-0.39, 0.29) is 5.91 Å². The second kappa shape index (κ2) is 5.35. The summed E-state index contributed by atoms with van der Waals surface area (Å²) in [5, 5.41) is 0. The van der Waals surface area contributed by atoms with Crippen molar-refractivity contribution in [1.82, 2.24) is 0 Å². The van der Waals surface area contributed by atoms with Crippen molar-refractivity contribution >= 4 is 11.6 Å². The van der Waals surface area contributed by atoms with Crippen LogP contribution in [0.2, 0.25) is 0 Å². The van der Waals surface area contributed by atoms with Crippen molar-refractivity contribution in [3.05, 3.63) is 42.0 Å². The Balaban J connectivity index is 2.92. The maximum atomic E-state index is 11.7. The lowest BCUT2D eigenvalue weighted by Gasteiger charge is -2.19. The molecule has 1 rings (SSSR count). The number of rotatable bonds is 3. The number of aryl methyl sites for hydroxylation is 1. The van der Waals surface area contributed by atoms with Crippen LogP contribution in [0.1, 0.15) is 19.4 Å². The Bertz CT molecular complexity index is 351. The van der Waals surface area contributed by atoms with Gasteiger partial charge in [-0.15, -0.1) is 0 Å². The molecule has 0 aliphatic rings. The van der Waals surface area contributed by atoms with Gasteiger partial charge in [0.15, 0.2) is 0 Å². The van der Waals surface area contributed by atoms with E-state index in [2.05, 4.69) is 0 Å². The number of hydrogen-bond donors (Lipinski definition) is 0. The highest BCUT2D eigenvalue weighted by molar-refractivity contribution is 6.01. The van der Waals surface area contributed by atoms with Gasteiger partial charge in [0.2, 0.25) is 0 Å². The zero-order valence-electron chi connectivity index (χ0n) is 9.53. The molecular weight excluding hydrogens is 186 g/mol. The van der Waals surface area contributed by atoms with Gasteiger partial charge < -0.3 is 4.90 Å². The van der Waals surface area contributed by atoms with Crippen molar-refractivity contribution < 1.29 is 4.79 Å². The van der Waals surface area contributed by atoms with E-state index in [1.165, 1.54) is 5.56 Å². The third-order valence-corrected chi connectivity index (χ3v) is 2.24. The molecule has 2 nitrogen and oxygen atoms in total. The molecule has 0 N–H and O–H groups in total. The van der Waals surface area contributed by atoms with Crippen molar-refractivity contribution in [1.29, 1.82) is 0 Å². The van der Waals surface area contributed by atoms with Crippen LogP contribution < -0.4 is 4.90 Å². The second-order valence-electron chi connectivity index (χ2n) is 3.42. The molecule has 0 bridgehead atoms. The number of likely N-dealkylation sites (N-methyl/N-ethyl adjacent to an activating group) is 1. The monoisotopic (exact) mass is 203 g/mol. The summed E-state index contributed by atoms with van der Waals surface area (Å²) >= 11 is 0. The first-order valence-corrected chi connectivity index (χ1v) is 5.20. The molecule has 0 spiro atoms. The second-order valence-corrected chi connectivity index (χ2v) is 3.42. The first kappa shape index (κ1) is 11.5. The predicted molar refractivity (Wildman–Crippen MR) is 64.0 cm³/mol. The summed E-state index contributed by atoms with van der Waals surface area (Å²) in [6, 6.07) is 7.97. The van der Waals surface area contributed by atoms with Crippen LogP contribution in [0.15, 0.2) is 36.4 Å². The van der Waals surface area contributed by atoms with Gasteiger partial charge in [0, 0.05) is 12.2 Å². The molecule has 0 aromatic heterocycles. The fourth-order valence-electron chi connectivity index (χ4n) is 1.42. The zero-order chi connectivity index (χ0) is 11.3. The maximum Gasteiger partial charge on any atom is 0.250 e. The van der Waals surface area contributed by atoms with E-state index in [9.17, 15) is 4.79 Å². The first-order chi connectivity index (χ1) is 7.19. The summed E-state index contributed by atoms with van der Waals surface area (Å²) in [5.41, 5.74) is 2.15. The van der Waals surface area contributed by atoms with E-state index < -0.39 is 0 Å². The van der Waals surface area contributed by atoms with Crippen molar-refractivity contribution in [3.8, 4) is 0 Å². The molecule has 0 aliphatic carbocycles. The van der Waals surface area contributed by atoms with E-state index in [0.717, 1.165) is 5.69 Å². The number of carbonyl (C=O) groups excluding carboxylic acids is 1. The molecule has 0 fully saturated rings. The number of hydrogen-bond acceptors (Lipinski definition) is 1. The molecule has 15 heavy (non-hydrogen) atoms. The largest absolute Gasteiger partial charge is 0.309 e. The lowest BCUT2D eigenvalue weighted by atomic mass is 10.2. The molecule has 80 valence electrons. The van der Waals surface area contributed by atoms with Crippen molar-refractivity contribution in [2.75, 3.05) is 11.4 Å². The van der Waals surface area contributed by atoms with Gasteiger partial charge in [-0.1, -0.05) is 23.8 Å². The summed E-state index contributed by atoms with van der Waals surface area (Å²) in [4.78, 5) is 13.4. The lowest BCUT2D eigenvalue weighted by Crippen LogP contribution is -2.28. The van der Waals surface area contributed by atoms with Gasteiger partial charge in [0.1, 0.15) is 0 Å². The fourth-order valence-corrected chi connectivity index (χ4v) is 1.42. The molecule has 0 aliphatic heterocycles. The smallest absolute Gasteiger partial charge is 0.250 e. The number of allylic oxidation sites excluding steroid dienone is 1. The molecule has 0 atom stereocenters. The van der Waals surface area contributed by atoms with Gasteiger partial charge in [-0.3, -0.25) is 4.79 Å². The van der Waals surface area contributed by atoms with Crippen molar-refractivity contribution in [3.63, 3.8) is 0 Å². The standard InChI is InChI=1S/C13H17NO/c1-4-6-13(15)14(5-2)12-9-7-11(3)8-10-12/h4,6-10H,5H2,1-3H3. The average Bonchev–Trinajstić information content (AvgIpc) is 2.22. The number of nitrogens with zero attached hydrogens (tertiary/aromatic N) is 1. The van der Waals surface area contributed by atoms with Gasteiger partial charge in [-0.2, -0.15) is 0 Å². The number of amides is 1. The number of carbonyl (C=O) groups is 1. The normalized spacial score (nSPS) is 10.6. The van der Waals surface area contributed by atoms with E-state index in [0.29, 0.717) is 6.54 Å². The van der Waals surface area contributed by atoms with Crippen LogP contribution in [-0.4, -0.2) is 12.5 Å². The van der Waals surface area contributed by atoms with E-state index in [1.54, 1.807) is 17.1 Å². The molecule has 0 saturated heterocycles. The molecule has 0 heterocycles. The average molecular weight is 203 g/mol. The van der Waals surface area contributed by atoms with E-state index >= 15 is 0 Å². The molecular formula is C13H17NO. The number of benzene rings is 1. The molecule has 0 unspecified atom stereocenters. The predicted octanol–water partition coefficient (Wildman–Crippen LogP) is 2.92. The molecule has 1 amide bonds. The van der Waals surface area contributed by atoms with E-state index in [1.807, 2.05) is 45.0 Å². The summed E-state index contributed by atoms with van der Waals surface area (Å²) in [7, 11) is 0. The van der Waals surface area contributed by atoms with Gasteiger partial charge in [-0.25, -0.2) is 0 Å². The minimum atomic E-state index is 0.0313. The lowest BCUT2D eigenvalue weighted by molar-refractivity contribution is -0.114. The highest BCUT2D eigenvalue weighted by Crippen LogP contribution is 2.15. The Kier molecular flexibility index (Phi) is 4.10. The molecule has 0 saturated carbocycles. The Hall–Kier alpha value is -1.57. The SMILES string of the molecule is CC=CC(=O)N(CC)c1ccc(C)cc1. The van der Waals surface area contributed by atoms with Crippen LogP contribution in [0, 0.1) is 6.92 Å². The highest BCUT2D eigenvalue weighted by Gasteiger charge is 2.09. The van der Waals surface area contributed by atoms with Crippen LogP contribution >= 0.6 is 0 Å². The Morgan fingerprint density at radius 2 is 1.93 bits per heavy atom. The highest BCUT2D eigenvalue weighted by atomic mass is 16.2. The zero-order valence-corrected chi connectivity index (χ0v) is 9.53. The quantitative estimate of drug-likeness (QED) is 0.692. The Labute approximate surface area is 91.2 Å². The van der Waals surface area contributed by atoms with Crippen LogP contribution in [-0.2, 0) is 4.79 Å². The van der Waals surface area contributed by atoms with Crippen LogP contribution in [0.25, 0.3) is 0 Å². The minimum absolute atomic E-state index is 0.0313. The van der Waals surface area contributed by atoms with Crippen molar-refractivity contribution in [2.45, 2.75) is 20.8 Å². The van der Waals surface area contributed by atoms with Gasteiger partial charge in [-0.05, 0) is 39.0 Å². The topological polar surface area (TPSA) is 20.3 Å². The van der Waals surface area contributed by atoms with Crippen molar-refractivity contribution in [2.24, 2.45) is 0 Å². The summed E-state index contributed by atoms with van der Waals surface area (Å²) in [6.45, 7) is 6.54. The summed E-state index contributed by atoms with van der Waals surface area (Å²) < 4.78 is 0. The fraction of sp³-hybridized carbons (Fsp3) is 0.308. The van der Waals surface area contributed by atoms with Crippen LogP contribution in [0.3, 0.4) is 0 Å². The molecule has 0 radical (unpaired) electrons. The molecule has 1 aromatic rings. The van der Waals surface area contributed by atoms with E-state index in [4.69, 9.17) is 0 Å². The summed E-state index contributed by atoms with van der Waals surface area (Å²) in [6.07, 6.45) is 3.35. The maximum absolute atomic E-state index is 11.7. The van der Waals surface area contributed by atoms with Crippen LogP contribution in [0.5, 0.6) is 0 Å². The number of anilines is 1. The Morgan fingerprint density at radius 1 is 1.33 bits per heavy atom. The summed E-state index contributed by atoms with van der Waals surface area (Å²) in [5.74, 6) is 0.0313. The third-order valence-electron chi connectivity index (χ3n) is 2.24. The van der Waals surface area contributed by atoms with Crippen LogP contribution in [0.4, 0.5) is 5.69 Å². The molecule has 2 heteroatoms. The van der Waals surface area contributed by atoms with Gasteiger partial charge in [0.25, 0.3) is 5.91 Å². The first-order valence-electron chi connectivity index (χ1n) is 5.20.